The van der Waals surface area contributed by atoms with Gasteiger partial charge in [-0.2, -0.15) is 10.4 Å². The van der Waals surface area contributed by atoms with Crippen LogP contribution in [0.1, 0.15) is 36.6 Å². The summed E-state index contributed by atoms with van der Waals surface area (Å²) >= 11 is 0. The Hall–Kier alpha value is -3.17. The first kappa shape index (κ1) is 18.6. The van der Waals surface area contributed by atoms with Crippen LogP contribution in [0.25, 0.3) is 11.3 Å². The Labute approximate surface area is 159 Å². The number of hydrogen-bond donors (Lipinski definition) is 1. The normalized spacial score (nSPS) is 10.8. The fourth-order valence-electron chi connectivity index (χ4n) is 2.75. The molecule has 0 unspecified atom stereocenters. The molecule has 2 heterocycles. The second-order valence-electron chi connectivity index (χ2n) is 6.70. The van der Waals surface area contributed by atoms with Crippen molar-refractivity contribution >= 4 is 0 Å². The van der Waals surface area contributed by atoms with Crippen molar-refractivity contribution in [2.45, 2.75) is 26.2 Å². The summed E-state index contributed by atoms with van der Waals surface area (Å²) in [7, 11) is 1.84. The van der Waals surface area contributed by atoms with Crippen molar-refractivity contribution in [2.24, 2.45) is 12.8 Å². The number of pyridine rings is 1. The maximum Gasteiger partial charge on any atom is 0.217 e. The second-order valence-corrected chi connectivity index (χ2v) is 6.70. The number of rotatable bonds is 6. The van der Waals surface area contributed by atoms with Gasteiger partial charge in [0.15, 0.2) is 0 Å². The van der Waals surface area contributed by atoms with Gasteiger partial charge >= 0.3 is 0 Å². The summed E-state index contributed by atoms with van der Waals surface area (Å²) in [4.78, 5) is 4.54. The highest BCUT2D eigenvalue weighted by atomic mass is 16.5. The summed E-state index contributed by atoms with van der Waals surface area (Å²) in [5.41, 5.74) is 9.77. The predicted octanol–water partition coefficient (Wildman–Crippen LogP) is 3.77. The van der Waals surface area contributed by atoms with E-state index in [1.165, 1.54) is 0 Å². The average Bonchev–Trinajstić information content (AvgIpc) is 3.03. The Balaban J connectivity index is 2.00. The van der Waals surface area contributed by atoms with Crippen LogP contribution in [0.5, 0.6) is 11.6 Å². The lowest BCUT2D eigenvalue weighted by Crippen LogP contribution is -2.03. The van der Waals surface area contributed by atoms with Crippen molar-refractivity contribution in [2.75, 3.05) is 6.54 Å². The van der Waals surface area contributed by atoms with E-state index < -0.39 is 0 Å². The molecule has 27 heavy (non-hydrogen) atoms. The van der Waals surface area contributed by atoms with E-state index in [0.717, 1.165) is 28.9 Å². The number of aromatic nitrogens is 3. The lowest BCUT2D eigenvalue weighted by Gasteiger charge is -2.11. The van der Waals surface area contributed by atoms with E-state index in [-0.39, 0.29) is 0 Å². The standard InChI is InChI=1S/C21H23N5O/c1-14(2)19-11-21(26(3)25-19)27-20-10-16(12-23)4-6-17(20)18-7-5-15(8-9-22)13-24-18/h4-7,10-11,13-14H,8-9,22H2,1-3H3. The third-order valence-corrected chi connectivity index (χ3v) is 4.31. The summed E-state index contributed by atoms with van der Waals surface area (Å²) in [5.74, 6) is 1.50. The number of ether oxygens (including phenoxy) is 1. The van der Waals surface area contributed by atoms with E-state index in [2.05, 4.69) is 30.0 Å². The number of aryl methyl sites for hydroxylation is 1. The van der Waals surface area contributed by atoms with E-state index in [1.807, 2.05) is 37.5 Å². The van der Waals surface area contributed by atoms with Crippen LogP contribution in [0.4, 0.5) is 0 Å². The molecule has 138 valence electrons. The number of benzene rings is 1. The molecule has 6 nitrogen and oxygen atoms in total. The molecule has 0 atom stereocenters. The molecule has 0 amide bonds. The first-order chi connectivity index (χ1) is 13.0. The Kier molecular flexibility index (Phi) is 5.53. The van der Waals surface area contributed by atoms with Gasteiger partial charge in [-0.05, 0) is 48.7 Å². The van der Waals surface area contributed by atoms with Gasteiger partial charge in [0.2, 0.25) is 5.88 Å². The molecule has 0 spiro atoms. The van der Waals surface area contributed by atoms with Crippen LogP contribution >= 0.6 is 0 Å². The van der Waals surface area contributed by atoms with Crippen molar-refractivity contribution in [3.63, 3.8) is 0 Å². The molecule has 0 bridgehead atoms. The molecule has 0 radical (unpaired) electrons. The van der Waals surface area contributed by atoms with Crippen LogP contribution in [-0.4, -0.2) is 21.3 Å². The van der Waals surface area contributed by atoms with Gasteiger partial charge in [-0.25, -0.2) is 4.68 Å². The maximum absolute atomic E-state index is 9.27. The lowest BCUT2D eigenvalue weighted by atomic mass is 10.1. The third kappa shape index (κ3) is 4.15. The molecule has 2 N–H and O–H groups in total. The zero-order valence-electron chi connectivity index (χ0n) is 15.8. The molecule has 3 rings (SSSR count). The van der Waals surface area contributed by atoms with E-state index in [4.69, 9.17) is 10.5 Å². The average molecular weight is 361 g/mol. The van der Waals surface area contributed by atoms with Gasteiger partial charge in [0.05, 0.1) is 23.0 Å². The summed E-state index contributed by atoms with van der Waals surface area (Å²) < 4.78 is 7.84. The minimum absolute atomic E-state index is 0.301. The molecule has 0 aliphatic carbocycles. The quantitative estimate of drug-likeness (QED) is 0.722. The molecule has 0 saturated heterocycles. The molecule has 0 aliphatic rings. The monoisotopic (exact) mass is 361 g/mol. The van der Waals surface area contributed by atoms with Crippen molar-refractivity contribution in [3.8, 4) is 29.0 Å². The molecule has 1 aromatic carbocycles. The fraction of sp³-hybridized carbons (Fsp3) is 0.286. The highest BCUT2D eigenvalue weighted by molar-refractivity contribution is 5.69. The summed E-state index contributed by atoms with van der Waals surface area (Å²) in [6, 6.07) is 13.4. The van der Waals surface area contributed by atoms with E-state index in [0.29, 0.717) is 29.7 Å². The Morgan fingerprint density at radius 1 is 1.22 bits per heavy atom. The van der Waals surface area contributed by atoms with Crippen molar-refractivity contribution < 1.29 is 4.74 Å². The molecular formula is C21H23N5O. The van der Waals surface area contributed by atoms with Gasteiger partial charge in [0.25, 0.3) is 0 Å². The molecule has 0 aliphatic heterocycles. The smallest absolute Gasteiger partial charge is 0.217 e. The Bertz CT molecular complexity index is 967. The second kappa shape index (κ2) is 8.02. The molecule has 0 fully saturated rings. The predicted molar refractivity (Wildman–Crippen MR) is 105 cm³/mol. The number of nitriles is 1. The molecule has 3 aromatic rings. The number of nitrogens with zero attached hydrogens (tertiary/aromatic N) is 4. The highest BCUT2D eigenvalue weighted by Gasteiger charge is 2.14. The molecule has 0 saturated carbocycles. The maximum atomic E-state index is 9.27. The van der Waals surface area contributed by atoms with Crippen LogP contribution in [0.2, 0.25) is 0 Å². The van der Waals surface area contributed by atoms with Crippen molar-refractivity contribution in [1.82, 2.24) is 14.8 Å². The third-order valence-electron chi connectivity index (χ3n) is 4.31. The van der Waals surface area contributed by atoms with E-state index in [9.17, 15) is 5.26 Å². The van der Waals surface area contributed by atoms with Gasteiger partial charge in [-0.1, -0.05) is 19.9 Å². The fourth-order valence-corrected chi connectivity index (χ4v) is 2.75. The number of hydrogen-bond acceptors (Lipinski definition) is 5. The van der Waals surface area contributed by atoms with Gasteiger partial charge in [0, 0.05) is 24.9 Å². The zero-order valence-corrected chi connectivity index (χ0v) is 15.8. The first-order valence-corrected chi connectivity index (χ1v) is 8.93. The van der Waals surface area contributed by atoms with Gasteiger partial charge in [-0.3, -0.25) is 4.98 Å². The van der Waals surface area contributed by atoms with Gasteiger partial charge < -0.3 is 10.5 Å². The largest absolute Gasteiger partial charge is 0.439 e. The Morgan fingerprint density at radius 2 is 2.04 bits per heavy atom. The van der Waals surface area contributed by atoms with Crippen LogP contribution in [0, 0.1) is 11.3 Å². The molecule has 6 heteroatoms. The van der Waals surface area contributed by atoms with Crippen LogP contribution in [0.15, 0.2) is 42.6 Å². The topological polar surface area (TPSA) is 89.7 Å². The van der Waals surface area contributed by atoms with E-state index in [1.54, 1.807) is 16.8 Å². The molecular weight excluding hydrogens is 338 g/mol. The summed E-state index contributed by atoms with van der Waals surface area (Å²) in [6.45, 7) is 4.76. The Morgan fingerprint density at radius 3 is 2.63 bits per heavy atom. The van der Waals surface area contributed by atoms with Crippen molar-refractivity contribution in [3.05, 3.63) is 59.4 Å². The summed E-state index contributed by atoms with van der Waals surface area (Å²) in [6.07, 6.45) is 2.61. The lowest BCUT2D eigenvalue weighted by molar-refractivity contribution is 0.431. The van der Waals surface area contributed by atoms with Gasteiger partial charge in [-0.15, -0.1) is 0 Å². The molecule has 2 aromatic heterocycles. The first-order valence-electron chi connectivity index (χ1n) is 8.93. The van der Waals surface area contributed by atoms with Crippen LogP contribution in [0.3, 0.4) is 0 Å². The minimum Gasteiger partial charge on any atom is -0.439 e. The number of nitrogens with two attached hydrogens (primary N) is 1. The van der Waals surface area contributed by atoms with Crippen LogP contribution in [-0.2, 0) is 13.5 Å². The summed E-state index contributed by atoms with van der Waals surface area (Å²) in [5, 5.41) is 13.7. The zero-order chi connectivity index (χ0) is 19.4. The van der Waals surface area contributed by atoms with Gasteiger partial charge in [0.1, 0.15) is 5.75 Å². The van der Waals surface area contributed by atoms with E-state index >= 15 is 0 Å². The van der Waals surface area contributed by atoms with Crippen molar-refractivity contribution in [1.29, 1.82) is 5.26 Å². The minimum atomic E-state index is 0.301. The highest BCUT2D eigenvalue weighted by Crippen LogP contribution is 2.34. The SMILES string of the molecule is CC(C)c1cc(Oc2cc(C#N)ccc2-c2ccc(CCN)cn2)n(C)n1. The van der Waals surface area contributed by atoms with Crippen LogP contribution < -0.4 is 10.5 Å².